The Bertz CT molecular complexity index is 806. The van der Waals surface area contributed by atoms with Crippen molar-refractivity contribution in [2.45, 2.75) is 45.3 Å². The van der Waals surface area contributed by atoms with Gasteiger partial charge in [0.05, 0.1) is 23.1 Å². The van der Waals surface area contributed by atoms with Gasteiger partial charge in [-0.15, -0.1) is 0 Å². The number of halogens is 1. The Balaban J connectivity index is 1.69. The van der Waals surface area contributed by atoms with Gasteiger partial charge in [0.15, 0.2) is 0 Å². The van der Waals surface area contributed by atoms with Crippen LogP contribution in [0.25, 0.3) is 10.9 Å². The van der Waals surface area contributed by atoms with Gasteiger partial charge in [0.25, 0.3) is 0 Å². The molecule has 1 saturated heterocycles. The molecule has 0 atom stereocenters. The lowest BCUT2D eigenvalue weighted by Crippen LogP contribution is -2.44. The quantitative estimate of drug-likeness (QED) is 0.645. The van der Waals surface area contributed by atoms with Gasteiger partial charge in [0.2, 0.25) is 0 Å². The van der Waals surface area contributed by atoms with E-state index in [2.05, 4.69) is 39.0 Å². The first-order valence-electron chi connectivity index (χ1n) is 8.81. The van der Waals surface area contributed by atoms with Crippen LogP contribution in [0.3, 0.4) is 0 Å². The van der Waals surface area contributed by atoms with Gasteiger partial charge >= 0.3 is 6.09 Å². The molecule has 0 spiro atoms. The number of piperidine rings is 1. The average molecular weight is 468 g/mol. The highest BCUT2D eigenvalue weighted by molar-refractivity contribution is 14.1. The third-order valence-corrected chi connectivity index (χ3v) is 5.03. The van der Waals surface area contributed by atoms with E-state index in [0.717, 1.165) is 33.0 Å². The van der Waals surface area contributed by atoms with Gasteiger partial charge in [-0.2, -0.15) is 0 Å². The molecule has 2 heterocycles. The van der Waals surface area contributed by atoms with E-state index in [1.165, 1.54) is 0 Å². The van der Waals surface area contributed by atoms with Gasteiger partial charge in [0, 0.05) is 28.1 Å². The van der Waals surface area contributed by atoms with Crippen LogP contribution in [-0.4, -0.2) is 40.7 Å². The zero-order valence-corrected chi connectivity index (χ0v) is 17.5. The van der Waals surface area contributed by atoms with Crippen LogP contribution in [-0.2, 0) is 4.74 Å². The fraction of sp³-hybridized carbons (Fsp3) is 0.474. The van der Waals surface area contributed by atoms with E-state index in [4.69, 9.17) is 10.5 Å². The molecule has 0 bridgehead atoms. The van der Waals surface area contributed by atoms with E-state index < -0.39 is 5.60 Å². The molecule has 1 aromatic carbocycles. The van der Waals surface area contributed by atoms with E-state index >= 15 is 0 Å². The summed E-state index contributed by atoms with van der Waals surface area (Å²) in [5.41, 5.74) is 8.23. The normalized spacial score (nSPS) is 15.9. The van der Waals surface area contributed by atoms with Crippen LogP contribution in [0.15, 0.2) is 24.4 Å². The van der Waals surface area contributed by atoms with Crippen molar-refractivity contribution in [2.75, 3.05) is 24.1 Å². The number of ether oxygens (including phenoxy) is 1. The number of rotatable bonds is 2. The topological polar surface area (TPSA) is 80.5 Å². The van der Waals surface area contributed by atoms with Crippen molar-refractivity contribution in [2.24, 2.45) is 0 Å². The summed E-state index contributed by atoms with van der Waals surface area (Å²) in [7, 11) is 0. The number of likely N-dealkylation sites (tertiary alicyclic amines) is 1. The third-order valence-electron chi connectivity index (χ3n) is 4.35. The van der Waals surface area contributed by atoms with Crippen LogP contribution < -0.4 is 11.1 Å². The molecular formula is C19H25IN4O2. The zero-order chi connectivity index (χ0) is 18.9. The van der Waals surface area contributed by atoms with Crippen molar-refractivity contribution >= 4 is 51.0 Å². The molecular weight excluding hydrogens is 443 g/mol. The van der Waals surface area contributed by atoms with Crippen LogP contribution in [0, 0.1) is 3.57 Å². The third kappa shape index (κ3) is 4.49. The summed E-state index contributed by atoms with van der Waals surface area (Å²) >= 11 is 2.29. The molecule has 7 heteroatoms. The largest absolute Gasteiger partial charge is 0.444 e. The number of nitrogens with one attached hydrogen (secondary N) is 1. The van der Waals surface area contributed by atoms with Crippen molar-refractivity contribution in [1.82, 2.24) is 9.88 Å². The fourth-order valence-electron chi connectivity index (χ4n) is 3.08. The number of amides is 1. The standard InChI is InChI=1S/C19H25IN4O2/c1-19(2,3)26-18(25)24-8-6-13(7-9-24)23-17-14-10-12(20)4-5-16(14)22-11-15(17)21/h4-5,10-11,13H,6-9,21H2,1-3H3,(H,22,23). The molecule has 26 heavy (non-hydrogen) atoms. The number of aromatic nitrogens is 1. The monoisotopic (exact) mass is 468 g/mol. The van der Waals surface area contributed by atoms with Crippen LogP contribution >= 0.6 is 22.6 Å². The number of fused-ring (bicyclic) bond motifs is 1. The molecule has 1 amide bonds. The molecule has 0 unspecified atom stereocenters. The Morgan fingerprint density at radius 1 is 1.35 bits per heavy atom. The Labute approximate surface area is 167 Å². The number of benzene rings is 1. The van der Waals surface area contributed by atoms with Crippen molar-refractivity contribution in [3.8, 4) is 0 Å². The second kappa shape index (κ2) is 7.46. The van der Waals surface area contributed by atoms with E-state index in [0.29, 0.717) is 18.8 Å². The fourth-order valence-corrected chi connectivity index (χ4v) is 3.57. The van der Waals surface area contributed by atoms with Crippen molar-refractivity contribution in [3.05, 3.63) is 28.0 Å². The van der Waals surface area contributed by atoms with Crippen molar-refractivity contribution < 1.29 is 9.53 Å². The van der Waals surface area contributed by atoms with Crippen LogP contribution in [0.2, 0.25) is 0 Å². The van der Waals surface area contributed by atoms with Crippen LogP contribution in [0.4, 0.5) is 16.2 Å². The van der Waals surface area contributed by atoms with Crippen LogP contribution in [0.5, 0.6) is 0 Å². The minimum atomic E-state index is -0.465. The summed E-state index contributed by atoms with van der Waals surface area (Å²) < 4.78 is 6.60. The maximum absolute atomic E-state index is 12.2. The second-order valence-corrected chi connectivity index (χ2v) is 8.88. The number of nitrogen functional groups attached to an aromatic ring is 1. The maximum Gasteiger partial charge on any atom is 0.410 e. The Morgan fingerprint density at radius 2 is 2.04 bits per heavy atom. The van der Waals surface area contributed by atoms with E-state index in [9.17, 15) is 4.79 Å². The van der Waals surface area contributed by atoms with Crippen molar-refractivity contribution in [3.63, 3.8) is 0 Å². The number of pyridine rings is 1. The number of hydrogen-bond donors (Lipinski definition) is 2. The van der Waals surface area contributed by atoms with Crippen molar-refractivity contribution in [1.29, 1.82) is 0 Å². The molecule has 1 aliphatic heterocycles. The molecule has 6 nitrogen and oxygen atoms in total. The predicted octanol–water partition coefficient (Wildman–Crippen LogP) is 4.23. The summed E-state index contributed by atoms with van der Waals surface area (Å²) in [5, 5.41) is 4.61. The maximum atomic E-state index is 12.2. The second-order valence-electron chi connectivity index (χ2n) is 7.64. The number of carbonyl (C=O) groups excluding carboxylic acids is 1. The minimum Gasteiger partial charge on any atom is -0.444 e. The molecule has 3 N–H and O–H groups in total. The predicted molar refractivity (Wildman–Crippen MR) is 113 cm³/mol. The Morgan fingerprint density at radius 3 is 2.69 bits per heavy atom. The molecule has 3 rings (SSSR count). The van der Waals surface area contributed by atoms with Gasteiger partial charge in [-0.1, -0.05) is 0 Å². The van der Waals surface area contributed by atoms with Crippen LogP contribution in [0.1, 0.15) is 33.6 Å². The first kappa shape index (κ1) is 19.0. The van der Waals surface area contributed by atoms with Gasteiger partial charge in [-0.3, -0.25) is 4.98 Å². The highest BCUT2D eigenvalue weighted by atomic mass is 127. The summed E-state index contributed by atoms with van der Waals surface area (Å²) in [6, 6.07) is 6.40. The van der Waals surface area contributed by atoms with E-state index in [1.807, 2.05) is 32.9 Å². The van der Waals surface area contributed by atoms with E-state index in [1.54, 1.807) is 11.1 Å². The number of nitrogens with zero attached hydrogens (tertiary/aromatic N) is 2. The molecule has 0 radical (unpaired) electrons. The lowest BCUT2D eigenvalue weighted by atomic mass is 10.0. The molecule has 1 fully saturated rings. The number of hydrogen-bond acceptors (Lipinski definition) is 5. The molecule has 0 saturated carbocycles. The average Bonchev–Trinajstić information content (AvgIpc) is 2.56. The summed E-state index contributed by atoms with van der Waals surface area (Å²) in [5.74, 6) is 0. The lowest BCUT2D eigenvalue weighted by molar-refractivity contribution is 0.0210. The molecule has 140 valence electrons. The summed E-state index contributed by atoms with van der Waals surface area (Å²) in [6.07, 6.45) is 3.17. The molecule has 1 aliphatic rings. The smallest absolute Gasteiger partial charge is 0.410 e. The molecule has 0 aliphatic carbocycles. The lowest BCUT2D eigenvalue weighted by Gasteiger charge is -2.34. The molecule has 1 aromatic heterocycles. The zero-order valence-electron chi connectivity index (χ0n) is 15.4. The van der Waals surface area contributed by atoms with Gasteiger partial charge in [0.1, 0.15) is 5.60 Å². The highest BCUT2D eigenvalue weighted by Gasteiger charge is 2.27. The highest BCUT2D eigenvalue weighted by Crippen LogP contribution is 2.31. The Hall–Kier alpha value is -1.77. The summed E-state index contributed by atoms with van der Waals surface area (Å²) in [4.78, 5) is 18.4. The van der Waals surface area contributed by atoms with Gasteiger partial charge in [-0.25, -0.2) is 4.79 Å². The molecule has 2 aromatic rings. The number of anilines is 2. The van der Waals surface area contributed by atoms with Gasteiger partial charge in [-0.05, 0) is 74.4 Å². The van der Waals surface area contributed by atoms with E-state index in [-0.39, 0.29) is 12.1 Å². The number of carbonyl (C=O) groups is 1. The Kier molecular flexibility index (Phi) is 5.45. The summed E-state index contributed by atoms with van der Waals surface area (Å²) in [6.45, 7) is 7.01. The SMILES string of the molecule is CC(C)(C)OC(=O)N1CCC(Nc2c(N)cnc3ccc(I)cc23)CC1. The van der Waals surface area contributed by atoms with Gasteiger partial charge < -0.3 is 20.7 Å². The minimum absolute atomic E-state index is 0.237. The number of nitrogens with two attached hydrogens (primary N) is 1. The first-order chi connectivity index (χ1) is 12.2. The first-order valence-corrected chi connectivity index (χ1v) is 9.89.